The highest BCUT2D eigenvalue weighted by atomic mass is 15.5. The Bertz CT molecular complexity index is 1720. The van der Waals surface area contributed by atoms with E-state index in [4.69, 9.17) is 10.2 Å². The molecule has 0 aliphatic carbocycles. The van der Waals surface area contributed by atoms with Crippen LogP contribution in [0.15, 0.2) is 109 Å². The first-order chi connectivity index (χ1) is 17.9. The van der Waals surface area contributed by atoms with Gasteiger partial charge in [0, 0.05) is 46.2 Å². The Hall–Kier alpha value is -4.84. The summed E-state index contributed by atoms with van der Waals surface area (Å²) in [6.07, 6.45) is 4.33. The van der Waals surface area contributed by atoms with Gasteiger partial charge in [0.15, 0.2) is 0 Å². The molecule has 0 atom stereocenters. The van der Waals surface area contributed by atoms with Gasteiger partial charge in [-0.1, -0.05) is 56.1 Å². The zero-order valence-electron chi connectivity index (χ0n) is 21.0. The molecule has 182 valence electrons. The van der Waals surface area contributed by atoms with Crippen molar-refractivity contribution in [3.05, 3.63) is 132 Å². The van der Waals surface area contributed by atoms with Crippen LogP contribution in [0.5, 0.6) is 0 Å². The van der Waals surface area contributed by atoms with Crippen molar-refractivity contribution in [2.75, 3.05) is 0 Å². The summed E-state index contributed by atoms with van der Waals surface area (Å²) < 4.78 is 2.30. The lowest BCUT2D eigenvalue weighted by Gasteiger charge is -2.25. The topological polar surface area (TPSA) is 59.7 Å². The van der Waals surface area contributed by atoms with Crippen molar-refractivity contribution in [3.63, 3.8) is 0 Å². The Morgan fingerprint density at radius 1 is 0.865 bits per heavy atom. The molecule has 3 aromatic carbocycles. The lowest BCUT2D eigenvalue weighted by atomic mass is 10.0. The number of nitrogens with zero attached hydrogens (tertiary/aromatic N) is 4. The Balaban J connectivity index is 1.43. The summed E-state index contributed by atoms with van der Waals surface area (Å²) in [6, 6.07) is 20.8. The molecule has 2 aromatic heterocycles. The molecule has 6 heteroatoms. The van der Waals surface area contributed by atoms with Gasteiger partial charge in [0.05, 0.1) is 5.69 Å². The normalized spacial score (nSPS) is 13.8. The minimum atomic E-state index is 0.680. The van der Waals surface area contributed by atoms with E-state index in [2.05, 4.69) is 97.5 Å². The van der Waals surface area contributed by atoms with E-state index in [0.717, 1.165) is 56.9 Å². The van der Waals surface area contributed by atoms with Crippen molar-refractivity contribution >= 4 is 28.0 Å². The lowest BCUT2D eigenvalue weighted by molar-refractivity contribution is 0.751. The largest absolute Gasteiger partial charge is 0.342 e. The van der Waals surface area contributed by atoms with E-state index in [-0.39, 0.29) is 0 Å². The van der Waals surface area contributed by atoms with Crippen LogP contribution < -0.4 is 10.6 Å². The number of fused-ring (bicyclic) bond motifs is 2. The number of aromatic nitrogens is 4. The van der Waals surface area contributed by atoms with Crippen LogP contribution in [0.1, 0.15) is 22.3 Å². The number of aryl methyl sites for hydroxylation is 1. The summed E-state index contributed by atoms with van der Waals surface area (Å²) >= 11 is 0. The van der Waals surface area contributed by atoms with E-state index in [1.165, 1.54) is 16.5 Å². The third-order valence-electron chi connectivity index (χ3n) is 6.85. The SMILES string of the molecule is C=C1NC(=C)C(=Cc2cn(Cc3cc(C)cc(-n4nc5ccccc5n4)c3C)c3ccccc23)C(=C)N1. The van der Waals surface area contributed by atoms with Gasteiger partial charge in [0.25, 0.3) is 0 Å². The van der Waals surface area contributed by atoms with E-state index in [0.29, 0.717) is 5.82 Å². The molecule has 1 aliphatic heterocycles. The molecule has 3 heterocycles. The monoisotopic (exact) mass is 484 g/mol. The van der Waals surface area contributed by atoms with Crippen LogP contribution in [0, 0.1) is 13.8 Å². The minimum Gasteiger partial charge on any atom is -0.342 e. The van der Waals surface area contributed by atoms with Crippen LogP contribution in [0.25, 0.3) is 33.7 Å². The molecular formula is C31H28N6. The Morgan fingerprint density at radius 2 is 1.51 bits per heavy atom. The van der Waals surface area contributed by atoms with Gasteiger partial charge in [-0.3, -0.25) is 0 Å². The maximum Gasteiger partial charge on any atom is 0.113 e. The lowest BCUT2D eigenvalue weighted by Crippen LogP contribution is -2.32. The first kappa shape index (κ1) is 22.6. The van der Waals surface area contributed by atoms with Crippen molar-refractivity contribution in [1.29, 1.82) is 0 Å². The van der Waals surface area contributed by atoms with Crippen LogP contribution >= 0.6 is 0 Å². The number of para-hydroxylation sites is 1. The second kappa shape index (κ2) is 8.68. The highest BCUT2D eigenvalue weighted by molar-refractivity contribution is 5.91. The third kappa shape index (κ3) is 4.02. The number of benzene rings is 3. The predicted octanol–water partition coefficient (Wildman–Crippen LogP) is 6.12. The smallest absolute Gasteiger partial charge is 0.113 e. The van der Waals surface area contributed by atoms with E-state index in [9.17, 15) is 0 Å². The van der Waals surface area contributed by atoms with E-state index in [1.54, 1.807) is 4.80 Å². The quantitative estimate of drug-likeness (QED) is 0.323. The third-order valence-corrected chi connectivity index (χ3v) is 6.85. The molecule has 1 saturated heterocycles. The highest BCUT2D eigenvalue weighted by Crippen LogP contribution is 2.30. The van der Waals surface area contributed by atoms with Crippen LogP contribution in [0.2, 0.25) is 0 Å². The molecule has 0 unspecified atom stereocenters. The average molecular weight is 485 g/mol. The van der Waals surface area contributed by atoms with E-state index < -0.39 is 0 Å². The molecule has 0 radical (unpaired) electrons. The Kier molecular flexibility index (Phi) is 5.30. The molecule has 0 amide bonds. The van der Waals surface area contributed by atoms with Gasteiger partial charge in [-0.2, -0.15) is 4.80 Å². The first-order valence-corrected chi connectivity index (χ1v) is 12.2. The summed E-state index contributed by atoms with van der Waals surface area (Å²) in [5, 5.41) is 17.0. The zero-order chi connectivity index (χ0) is 25.7. The van der Waals surface area contributed by atoms with Gasteiger partial charge in [-0.05, 0) is 60.9 Å². The number of hydrogen-bond donors (Lipinski definition) is 2. The fourth-order valence-corrected chi connectivity index (χ4v) is 5.00. The Morgan fingerprint density at radius 3 is 2.22 bits per heavy atom. The molecule has 1 aliphatic rings. The molecule has 37 heavy (non-hydrogen) atoms. The molecular weight excluding hydrogens is 456 g/mol. The molecule has 0 bridgehead atoms. The van der Waals surface area contributed by atoms with Gasteiger partial charge in [0.1, 0.15) is 16.9 Å². The fraction of sp³-hybridized carbons (Fsp3) is 0.0968. The predicted molar refractivity (Wildman–Crippen MR) is 151 cm³/mol. The Labute approximate surface area is 215 Å². The fourth-order valence-electron chi connectivity index (χ4n) is 5.00. The average Bonchev–Trinajstić information content (AvgIpc) is 3.45. The van der Waals surface area contributed by atoms with E-state index >= 15 is 0 Å². The summed E-state index contributed by atoms with van der Waals surface area (Å²) in [7, 11) is 0. The number of hydrogen-bond acceptors (Lipinski definition) is 4. The standard InChI is InChI=1S/C31H28N6/c1-19-14-24(20(2)31(15-19)37-34-28-11-7-8-12-29(28)35-37)17-36-18-25(26-10-6-9-13-30(26)36)16-27-21(3)32-23(5)33-22(27)4/h6-16,18,32-33H,3-5,17H2,1-2H3. The molecule has 5 aromatic rings. The van der Waals surface area contributed by atoms with Gasteiger partial charge < -0.3 is 15.2 Å². The van der Waals surface area contributed by atoms with Crippen molar-refractivity contribution in [3.8, 4) is 5.69 Å². The molecule has 6 rings (SSSR count). The summed E-state index contributed by atoms with van der Waals surface area (Å²) in [4.78, 5) is 1.76. The molecule has 0 spiro atoms. The number of nitrogens with one attached hydrogen (secondary N) is 2. The second-order valence-corrected chi connectivity index (χ2v) is 9.52. The van der Waals surface area contributed by atoms with Crippen LogP contribution in [-0.4, -0.2) is 19.6 Å². The minimum absolute atomic E-state index is 0.680. The van der Waals surface area contributed by atoms with Crippen molar-refractivity contribution in [2.45, 2.75) is 20.4 Å². The molecule has 2 N–H and O–H groups in total. The van der Waals surface area contributed by atoms with Gasteiger partial charge in [0.2, 0.25) is 0 Å². The molecule has 1 fully saturated rings. The van der Waals surface area contributed by atoms with Gasteiger partial charge >= 0.3 is 0 Å². The van der Waals surface area contributed by atoms with Gasteiger partial charge in [-0.25, -0.2) is 0 Å². The summed E-state index contributed by atoms with van der Waals surface area (Å²) in [5.74, 6) is 0.680. The van der Waals surface area contributed by atoms with Crippen molar-refractivity contribution in [2.24, 2.45) is 0 Å². The van der Waals surface area contributed by atoms with Crippen LogP contribution in [0.3, 0.4) is 0 Å². The zero-order valence-corrected chi connectivity index (χ0v) is 21.0. The van der Waals surface area contributed by atoms with Gasteiger partial charge in [-0.15, -0.1) is 10.2 Å². The van der Waals surface area contributed by atoms with E-state index in [1.807, 2.05) is 24.3 Å². The van der Waals surface area contributed by atoms with Crippen molar-refractivity contribution in [1.82, 2.24) is 30.2 Å². The molecule has 6 nitrogen and oxygen atoms in total. The molecule has 0 saturated carbocycles. The first-order valence-electron chi connectivity index (χ1n) is 12.2. The number of rotatable bonds is 4. The maximum absolute atomic E-state index is 4.73. The summed E-state index contributed by atoms with van der Waals surface area (Å²) in [5.41, 5.74) is 11.1. The van der Waals surface area contributed by atoms with Crippen LogP contribution in [-0.2, 0) is 6.54 Å². The van der Waals surface area contributed by atoms with Crippen LogP contribution in [0.4, 0.5) is 0 Å². The second-order valence-electron chi connectivity index (χ2n) is 9.52. The summed E-state index contributed by atoms with van der Waals surface area (Å²) in [6.45, 7) is 17.2. The van der Waals surface area contributed by atoms with Crippen molar-refractivity contribution < 1.29 is 0 Å². The maximum atomic E-state index is 4.73. The highest BCUT2D eigenvalue weighted by Gasteiger charge is 2.17.